The lowest BCUT2D eigenvalue weighted by atomic mass is 9.84. The predicted molar refractivity (Wildman–Crippen MR) is 68.5 cm³/mol. The maximum atomic E-state index is 5.88. The van der Waals surface area contributed by atoms with Gasteiger partial charge < -0.3 is 4.74 Å². The summed E-state index contributed by atoms with van der Waals surface area (Å²) in [5.74, 6) is 5.78. The van der Waals surface area contributed by atoms with Crippen molar-refractivity contribution in [2.45, 2.75) is 50.2 Å². The molecule has 1 atom stereocenters. The number of nitrogens with one attached hydrogen (secondary N) is 1. The van der Waals surface area contributed by atoms with E-state index in [0.717, 1.165) is 18.5 Å². The number of hydrogen-bond acceptors (Lipinski definition) is 5. The zero-order valence-electron chi connectivity index (χ0n) is 11.2. The van der Waals surface area contributed by atoms with Crippen molar-refractivity contribution in [2.75, 3.05) is 7.11 Å². The Hall–Kier alpha value is -0.980. The second kappa shape index (κ2) is 5.77. The summed E-state index contributed by atoms with van der Waals surface area (Å²) in [6, 6.07) is -0.0689. The first-order valence-electron chi connectivity index (χ1n) is 6.59. The first-order chi connectivity index (χ1) is 8.73. The van der Waals surface area contributed by atoms with Crippen molar-refractivity contribution in [2.24, 2.45) is 12.9 Å². The third-order valence-electron chi connectivity index (χ3n) is 4.09. The minimum Gasteiger partial charge on any atom is -0.376 e. The van der Waals surface area contributed by atoms with E-state index >= 15 is 0 Å². The van der Waals surface area contributed by atoms with Crippen molar-refractivity contribution >= 4 is 0 Å². The number of ether oxygens (including phenoxy) is 1. The summed E-state index contributed by atoms with van der Waals surface area (Å²) >= 11 is 0. The SMILES string of the molecule is COC1(C(NN)c2cnnn2C)CCCCCC1. The fourth-order valence-electron chi connectivity index (χ4n) is 3.00. The Morgan fingerprint density at radius 3 is 2.50 bits per heavy atom. The summed E-state index contributed by atoms with van der Waals surface area (Å²) < 4.78 is 7.64. The van der Waals surface area contributed by atoms with Gasteiger partial charge in [-0.25, -0.2) is 5.43 Å². The lowest BCUT2D eigenvalue weighted by Crippen LogP contribution is -2.48. The molecule has 0 radical (unpaired) electrons. The zero-order valence-corrected chi connectivity index (χ0v) is 11.2. The maximum Gasteiger partial charge on any atom is 0.0934 e. The molecule has 6 heteroatoms. The van der Waals surface area contributed by atoms with E-state index in [1.54, 1.807) is 18.0 Å². The van der Waals surface area contributed by atoms with Crippen LogP contribution in [0.15, 0.2) is 6.20 Å². The van der Waals surface area contributed by atoms with Crippen LogP contribution < -0.4 is 11.3 Å². The molecule has 0 aliphatic heterocycles. The van der Waals surface area contributed by atoms with Crippen molar-refractivity contribution in [1.82, 2.24) is 20.4 Å². The van der Waals surface area contributed by atoms with Crippen LogP contribution in [0.1, 0.15) is 50.3 Å². The molecule has 1 aromatic rings. The van der Waals surface area contributed by atoms with E-state index in [4.69, 9.17) is 10.6 Å². The largest absolute Gasteiger partial charge is 0.376 e. The van der Waals surface area contributed by atoms with Gasteiger partial charge in [0.25, 0.3) is 0 Å². The molecule has 0 saturated heterocycles. The molecule has 1 unspecified atom stereocenters. The first kappa shape index (κ1) is 13.5. The van der Waals surface area contributed by atoms with Gasteiger partial charge in [0, 0.05) is 14.2 Å². The molecule has 1 aliphatic carbocycles. The van der Waals surface area contributed by atoms with E-state index in [9.17, 15) is 0 Å². The van der Waals surface area contributed by atoms with Gasteiger partial charge in [-0.2, -0.15) is 0 Å². The van der Waals surface area contributed by atoms with Gasteiger partial charge in [0.1, 0.15) is 0 Å². The molecule has 1 saturated carbocycles. The molecule has 0 bridgehead atoms. The highest BCUT2D eigenvalue weighted by Gasteiger charge is 2.41. The minimum atomic E-state index is -0.249. The molecule has 18 heavy (non-hydrogen) atoms. The average Bonchev–Trinajstić information content (AvgIpc) is 2.67. The van der Waals surface area contributed by atoms with Crippen LogP contribution in [-0.4, -0.2) is 27.7 Å². The van der Waals surface area contributed by atoms with Crippen molar-refractivity contribution in [1.29, 1.82) is 0 Å². The summed E-state index contributed by atoms with van der Waals surface area (Å²) in [6.07, 6.45) is 8.69. The number of hydrogen-bond donors (Lipinski definition) is 2. The van der Waals surface area contributed by atoms with Crippen LogP contribution in [0.4, 0.5) is 0 Å². The number of aryl methyl sites for hydroxylation is 1. The topological polar surface area (TPSA) is 78.0 Å². The van der Waals surface area contributed by atoms with Gasteiger partial charge in [-0.15, -0.1) is 5.10 Å². The van der Waals surface area contributed by atoms with Gasteiger partial charge in [-0.05, 0) is 12.8 Å². The second-order valence-corrected chi connectivity index (χ2v) is 5.07. The fraction of sp³-hybridized carbons (Fsp3) is 0.833. The number of methoxy groups -OCH3 is 1. The van der Waals surface area contributed by atoms with Crippen molar-refractivity contribution in [3.05, 3.63) is 11.9 Å². The van der Waals surface area contributed by atoms with Crippen molar-refractivity contribution in [3.8, 4) is 0 Å². The predicted octanol–water partition coefficient (Wildman–Crippen LogP) is 1.06. The molecule has 0 aromatic carbocycles. The Morgan fingerprint density at radius 1 is 1.39 bits per heavy atom. The monoisotopic (exact) mass is 253 g/mol. The third-order valence-corrected chi connectivity index (χ3v) is 4.09. The van der Waals surface area contributed by atoms with E-state index in [2.05, 4.69) is 15.7 Å². The average molecular weight is 253 g/mol. The summed E-state index contributed by atoms with van der Waals surface area (Å²) in [4.78, 5) is 0. The standard InChI is InChI=1S/C12H23N5O/c1-17-10(9-14-16-17)11(15-13)12(18-2)7-5-3-4-6-8-12/h9,11,15H,3-8,13H2,1-2H3. The highest BCUT2D eigenvalue weighted by molar-refractivity contribution is 5.10. The number of hydrazine groups is 1. The van der Waals surface area contributed by atoms with Crippen LogP contribution in [0.3, 0.4) is 0 Å². The van der Waals surface area contributed by atoms with Gasteiger partial charge in [0.05, 0.1) is 23.5 Å². The molecule has 0 amide bonds. The fourth-order valence-corrected chi connectivity index (χ4v) is 3.00. The lowest BCUT2D eigenvalue weighted by molar-refractivity contribution is -0.0560. The molecule has 1 fully saturated rings. The Labute approximate surface area is 108 Å². The van der Waals surface area contributed by atoms with E-state index in [1.807, 2.05) is 7.05 Å². The minimum absolute atomic E-state index is 0.0689. The molecule has 1 aliphatic rings. The highest BCUT2D eigenvalue weighted by Crippen LogP contribution is 2.39. The van der Waals surface area contributed by atoms with Crippen LogP contribution >= 0.6 is 0 Å². The zero-order chi connectivity index (χ0) is 13.0. The number of aromatic nitrogens is 3. The molecule has 3 N–H and O–H groups in total. The van der Waals surface area contributed by atoms with Crippen LogP contribution in [0, 0.1) is 0 Å². The van der Waals surface area contributed by atoms with Crippen LogP contribution in [0.25, 0.3) is 0 Å². The molecule has 1 heterocycles. The molecule has 6 nitrogen and oxygen atoms in total. The molecule has 1 aromatic heterocycles. The molecular formula is C12H23N5O. The molecule has 2 rings (SSSR count). The van der Waals surface area contributed by atoms with Crippen molar-refractivity contribution < 1.29 is 4.74 Å². The Balaban J connectivity index is 2.30. The quantitative estimate of drug-likeness (QED) is 0.476. The van der Waals surface area contributed by atoms with Crippen LogP contribution in [0.5, 0.6) is 0 Å². The van der Waals surface area contributed by atoms with Gasteiger partial charge >= 0.3 is 0 Å². The van der Waals surface area contributed by atoms with Gasteiger partial charge in [-0.3, -0.25) is 10.5 Å². The Bertz CT molecular complexity index is 370. The molecule has 0 spiro atoms. The number of nitrogens with zero attached hydrogens (tertiary/aromatic N) is 3. The van der Waals surface area contributed by atoms with Gasteiger partial charge in [-0.1, -0.05) is 30.9 Å². The third kappa shape index (κ3) is 2.41. The van der Waals surface area contributed by atoms with Gasteiger partial charge in [0.2, 0.25) is 0 Å². The number of nitrogens with two attached hydrogens (primary N) is 1. The Morgan fingerprint density at radius 2 is 2.06 bits per heavy atom. The van der Waals surface area contributed by atoms with E-state index in [1.165, 1.54) is 25.7 Å². The van der Waals surface area contributed by atoms with E-state index < -0.39 is 0 Å². The van der Waals surface area contributed by atoms with Crippen LogP contribution in [-0.2, 0) is 11.8 Å². The molecule has 102 valence electrons. The number of rotatable bonds is 4. The summed E-state index contributed by atoms with van der Waals surface area (Å²) in [5, 5.41) is 7.92. The van der Waals surface area contributed by atoms with Crippen LogP contribution in [0.2, 0.25) is 0 Å². The van der Waals surface area contributed by atoms with E-state index in [0.29, 0.717) is 0 Å². The first-order valence-corrected chi connectivity index (χ1v) is 6.59. The second-order valence-electron chi connectivity index (χ2n) is 5.07. The van der Waals surface area contributed by atoms with Crippen molar-refractivity contribution in [3.63, 3.8) is 0 Å². The summed E-state index contributed by atoms with van der Waals surface area (Å²) in [6.45, 7) is 0. The van der Waals surface area contributed by atoms with Gasteiger partial charge in [0.15, 0.2) is 0 Å². The highest BCUT2D eigenvalue weighted by atomic mass is 16.5. The smallest absolute Gasteiger partial charge is 0.0934 e. The lowest BCUT2D eigenvalue weighted by Gasteiger charge is -2.38. The van der Waals surface area contributed by atoms with E-state index in [-0.39, 0.29) is 11.6 Å². The Kier molecular flexibility index (Phi) is 4.31. The summed E-state index contributed by atoms with van der Waals surface area (Å²) in [7, 11) is 3.66. The maximum absolute atomic E-state index is 5.88. The summed E-state index contributed by atoms with van der Waals surface area (Å²) in [5.41, 5.74) is 3.63. The molecular weight excluding hydrogens is 230 g/mol. The normalized spacial score (nSPS) is 21.5.